The van der Waals surface area contributed by atoms with Crippen LogP contribution < -0.4 is 0 Å². The molecule has 0 heterocycles. The van der Waals surface area contributed by atoms with Crippen molar-refractivity contribution in [3.63, 3.8) is 0 Å². The first-order chi connectivity index (χ1) is 8.88. The summed E-state index contributed by atoms with van der Waals surface area (Å²) in [6.07, 6.45) is 5.98. The molecule has 3 rings (SSSR count). The second-order valence-corrected chi connectivity index (χ2v) is 4.97. The lowest BCUT2D eigenvalue weighted by molar-refractivity contribution is 0.887. The molecule has 0 aromatic heterocycles. The van der Waals surface area contributed by atoms with Crippen LogP contribution in [0.2, 0.25) is 0 Å². The molecule has 0 unspecified atom stereocenters. The first-order valence-corrected chi connectivity index (χ1v) is 6.75. The lowest BCUT2D eigenvalue weighted by atomic mass is 9.95. The monoisotopic (exact) mass is 234 g/mol. The van der Waals surface area contributed by atoms with Crippen LogP contribution >= 0.6 is 0 Å². The number of hydrogen-bond acceptors (Lipinski definition) is 0. The molecule has 0 saturated carbocycles. The van der Waals surface area contributed by atoms with Gasteiger partial charge in [-0.3, -0.25) is 0 Å². The van der Waals surface area contributed by atoms with Crippen molar-refractivity contribution in [3.05, 3.63) is 65.2 Å². The molecule has 0 bridgehead atoms. The van der Waals surface area contributed by atoms with E-state index in [1.54, 1.807) is 5.57 Å². The molecule has 1 aliphatic rings. The summed E-state index contributed by atoms with van der Waals surface area (Å²) in [5.74, 6) is 0. The Kier molecular flexibility index (Phi) is 3.02. The molecule has 0 saturated heterocycles. The summed E-state index contributed by atoms with van der Waals surface area (Å²) in [4.78, 5) is 0. The van der Waals surface area contributed by atoms with Gasteiger partial charge in [-0.25, -0.2) is 0 Å². The predicted octanol–water partition coefficient (Wildman–Crippen LogP) is 5.09. The average molecular weight is 234 g/mol. The van der Waals surface area contributed by atoms with Gasteiger partial charge in [0.25, 0.3) is 0 Å². The van der Waals surface area contributed by atoms with Crippen LogP contribution in [0.5, 0.6) is 0 Å². The Balaban J connectivity index is 2.01. The lowest BCUT2D eigenvalue weighted by Gasteiger charge is -2.09. The number of hydrogen-bond donors (Lipinski definition) is 0. The minimum atomic E-state index is 1.13. The predicted molar refractivity (Wildman–Crippen MR) is 78.5 cm³/mol. The summed E-state index contributed by atoms with van der Waals surface area (Å²) >= 11 is 0. The highest BCUT2D eigenvalue weighted by Gasteiger charge is 2.15. The maximum Gasteiger partial charge on any atom is -0.00517 e. The van der Waals surface area contributed by atoms with E-state index in [0.717, 1.165) is 6.42 Å². The Labute approximate surface area is 109 Å². The molecule has 0 fully saturated rings. The second-order valence-electron chi connectivity index (χ2n) is 4.97. The van der Waals surface area contributed by atoms with Crippen molar-refractivity contribution in [2.24, 2.45) is 0 Å². The second kappa shape index (κ2) is 4.81. The molecule has 2 aromatic carbocycles. The highest BCUT2D eigenvalue weighted by Crippen LogP contribution is 2.35. The number of fused-ring (bicyclic) bond motifs is 1. The van der Waals surface area contributed by atoms with Crippen molar-refractivity contribution >= 4 is 6.08 Å². The topological polar surface area (TPSA) is 0 Å². The first-order valence-electron chi connectivity index (χ1n) is 6.75. The molecule has 0 radical (unpaired) electrons. The van der Waals surface area contributed by atoms with Crippen LogP contribution in [0.1, 0.15) is 30.9 Å². The fraction of sp³-hybridized carbons (Fsp3) is 0.222. The Bertz CT molecular complexity index is 576. The Morgan fingerprint density at radius 3 is 2.56 bits per heavy atom. The molecule has 0 N–H and O–H groups in total. The van der Waals surface area contributed by atoms with Crippen molar-refractivity contribution in [3.8, 4) is 11.1 Å². The zero-order chi connectivity index (χ0) is 12.4. The van der Waals surface area contributed by atoms with E-state index in [-0.39, 0.29) is 0 Å². The summed E-state index contributed by atoms with van der Waals surface area (Å²) < 4.78 is 0. The summed E-state index contributed by atoms with van der Waals surface area (Å²) in [7, 11) is 0. The summed E-state index contributed by atoms with van der Waals surface area (Å²) in [5, 5.41) is 0. The van der Waals surface area contributed by atoms with E-state index in [1.807, 2.05) is 0 Å². The zero-order valence-corrected chi connectivity index (χ0v) is 10.8. The largest absolute Gasteiger partial charge is 0.0652 e. The molecule has 90 valence electrons. The minimum absolute atomic E-state index is 1.13. The fourth-order valence-electron chi connectivity index (χ4n) is 2.81. The van der Waals surface area contributed by atoms with Gasteiger partial charge < -0.3 is 0 Å². The van der Waals surface area contributed by atoms with Crippen LogP contribution in [0.3, 0.4) is 0 Å². The van der Waals surface area contributed by atoms with Crippen molar-refractivity contribution in [1.82, 2.24) is 0 Å². The Morgan fingerprint density at radius 1 is 0.944 bits per heavy atom. The standard InChI is InChI=1S/C18H18/c1-2-7-14-12-16-10-6-11-17(18(16)13-14)15-8-4-3-5-9-15/h3-6,8-12H,2,7,13H2,1H3. The van der Waals surface area contributed by atoms with Gasteiger partial charge in [0.05, 0.1) is 0 Å². The van der Waals surface area contributed by atoms with E-state index in [4.69, 9.17) is 0 Å². The average Bonchev–Trinajstić information content (AvgIpc) is 2.82. The highest BCUT2D eigenvalue weighted by atomic mass is 14.2. The fourth-order valence-corrected chi connectivity index (χ4v) is 2.81. The molecule has 18 heavy (non-hydrogen) atoms. The van der Waals surface area contributed by atoms with Gasteiger partial charge in [0.15, 0.2) is 0 Å². The maximum atomic E-state index is 2.38. The summed E-state index contributed by atoms with van der Waals surface area (Å²) in [6.45, 7) is 2.25. The Hall–Kier alpha value is -1.82. The quantitative estimate of drug-likeness (QED) is 0.693. The Morgan fingerprint density at radius 2 is 1.78 bits per heavy atom. The molecule has 0 amide bonds. The van der Waals surface area contributed by atoms with Crippen molar-refractivity contribution < 1.29 is 0 Å². The maximum absolute atomic E-state index is 2.38. The van der Waals surface area contributed by atoms with E-state index >= 15 is 0 Å². The molecule has 0 spiro atoms. The van der Waals surface area contributed by atoms with Gasteiger partial charge in [-0.05, 0) is 35.1 Å². The SMILES string of the molecule is CCCC1=Cc2cccc(-c3ccccc3)c2C1. The third kappa shape index (κ3) is 1.99. The lowest BCUT2D eigenvalue weighted by Crippen LogP contribution is -1.90. The van der Waals surface area contributed by atoms with E-state index in [0.29, 0.717) is 0 Å². The van der Waals surface area contributed by atoms with E-state index in [9.17, 15) is 0 Å². The zero-order valence-electron chi connectivity index (χ0n) is 10.8. The minimum Gasteiger partial charge on any atom is -0.0652 e. The van der Waals surface area contributed by atoms with Crippen molar-refractivity contribution in [1.29, 1.82) is 0 Å². The number of benzene rings is 2. The molecule has 0 atom stereocenters. The highest BCUT2D eigenvalue weighted by molar-refractivity contribution is 5.77. The molecule has 0 aliphatic heterocycles. The molecule has 0 nitrogen and oxygen atoms in total. The van der Waals surface area contributed by atoms with Gasteiger partial charge in [-0.2, -0.15) is 0 Å². The summed E-state index contributed by atoms with van der Waals surface area (Å²) in [5.41, 5.74) is 7.23. The molecule has 0 heteroatoms. The van der Waals surface area contributed by atoms with Gasteiger partial charge in [0, 0.05) is 0 Å². The van der Waals surface area contributed by atoms with E-state index in [2.05, 4.69) is 61.5 Å². The van der Waals surface area contributed by atoms with Crippen LogP contribution in [0.15, 0.2) is 54.1 Å². The van der Waals surface area contributed by atoms with Crippen LogP contribution in [-0.2, 0) is 6.42 Å². The van der Waals surface area contributed by atoms with Gasteiger partial charge >= 0.3 is 0 Å². The summed E-state index contributed by atoms with van der Waals surface area (Å²) in [6, 6.07) is 17.4. The molecule has 1 aliphatic carbocycles. The van der Waals surface area contributed by atoms with Crippen LogP contribution in [0.4, 0.5) is 0 Å². The molecular weight excluding hydrogens is 216 g/mol. The van der Waals surface area contributed by atoms with Crippen LogP contribution in [0.25, 0.3) is 17.2 Å². The van der Waals surface area contributed by atoms with Crippen molar-refractivity contribution in [2.45, 2.75) is 26.2 Å². The number of allylic oxidation sites excluding steroid dienone is 1. The third-order valence-corrected chi connectivity index (χ3v) is 3.63. The van der Waals surface area contributed by atoms with Gasteiger partial charge in [0.1, 0.15) is 0 Å². The molecular formula is C18H18. The normalized spacial score (nSPS) is 13.3. The third-order valence-electron chi connectivity index (χ3n) is 3.63. The first kappa shape index (κ1) is 11.3. The van der Waals surface area contributed by atoms with Crippen LogP contribution in [-0.4, -0.2) is 0 Å². The van der Waals surface area contributed by atoms with Gasteiger partial charge in [-0.1, -0.05) is 73.5 Å². The number of rotatable bonds is 3. The smallest absolute Gasteiger partial charge is 0.00517 e. The van der Waals surface area contributed by atoms with Crippen LogP contribution in [0, 0.1) is 0 Å². The van der Waals surface area contributed by atoms with E-state index < -0.39 is 0 Å². The molecule has 2 aromatic rings. The van der Waals surface area contributed by atoms with Gasteiger partial charge in [0.2, 0.25) is 0 Å². The van der Waals surface area contributed by atoms with E-state index in [1.165, 1.54) is 35.1 Å². The van der Waals surface area contributed by atoms with Gasteiger partial charge in [-0.15, -0.1) is 0 Å². The van der Waals surface area contributed by atoms with Crippen molar-refractivity contribution in [2.75, 3.05) is 0 Å².